The first kappa shape index (κ1) is 20.0. The second kappa shape index (κ2) is 8.20. The molecule has 1 fully saturated rings. The normalized spacial score (nSPS) is 17.7. The first-order valence-corrected chi connectivity index (χ1v) is 9.88. The zero-order chi connectivity index (χ0) is 21.3. The maximum Gasteiger partial charge on any atom is 0.282 e. The molecule has 30 heavy (non-hydrogen) atoms. The number of likely N-dealkylation sites (N-methyl/N-ethyl adjacent to an activating group) is 1. The zero-order valence-corrected chi connectivity index (χ0v) is 17.4. The Morgan fingerprint density at radius 1 is 0.800 bits per heavy atom. The summed E-state index contributed by atoms with van der Waals surface area (Å²) in [4.78, 5) is 32.5. The molecule has 4 rings (SSSR count). The molecule has 1 saturated heterocycles. The fraction of sp³-hybridized carbons (Fsp3) is 0.304. The quantitative estimate of drug-likeness (QED) is 0.709. The van der Waals surface area contributed by atoms with E-state index >= 15 is 0 Å². The third kappa shape index (κ3) is 3.52. The van der Waals surface area contributed by atoms with Gasteiger partial charge in [-0.1, -0.05) is 18.2 Å². The number of hydrogen-bond acceptors (Lipinski definition) is 6. The van der Waals surface area contributed by atoms with Gasteiger partial charge in [-0.05, 0) is 36.9 Å². The first-order chi connectivity index (χ1) is 14.5. The summed E-state index contributed by atoms with van der Waals surface area (Å²) in [5.74, 6) is 0.657. The van der Waals surface area contributed by atoms with Crippen molar-refractivity contribution in [1.29, 1.82) is 0 Å². The van der Waals surface area contributed by atoms with Crippen LogP contribution in [0.2, 0.25) is 0 Å². The molecule has 0 unspecified atom stereocenters. The molecular formula is C23H25N3O4. The Morgan fingerprint density at radius 3 is 2.10 bits per heavy atom. The highest BCUT2D eigenvalue weighted by Crippen LogP contribution is 2.36. The Kier molecular flexibility index (Phi) is 5.46. The highest BCUT2D eigenvalue weighted by atomic mass is 16.5. The minimum Gasteiger partial charge on any atom is -0.497 e. The number of methoxy groups -OCH3 is 2. The highest BCUT2D eigenvalue weighted by molar-refractivity contribution is 6.45. The Labute approximate surface area is 176 Å². The fourth-order valence-electron chi connectivity index (χ4n) is 3.84. The van der Waals surface area contributed by atoms with Crippen LogP contribution in [0.3, 0.4) is 0 Å². The summed E-state index contributed by atoms with van der Waals surface area (Å²) in [6, 6.07) is 14.3. The van der Waals surface area contributed by atoms with Crippen molar-refractivity contribution in [3.8, 4) is 11.5 Å². The van der Waals surface area contributed by atoms with Crippen molar-refractivity contribution >= 4 is 23.1 Å². The standard InChI is InChI=1S/C23H25N3O4/c1-24-11-13-25(14-12-24)21-20(16-7-9-18(29-2)10-8-16)22(27)26(23(21)28)17-5-4-6-19(15-17)30-3/h4-10,15H,11-14H2,1-3H3. The van der Waals surface area contributed by atoms with Crippen molar-refractivity contribution in [3.05, 3.63) is 59.8 Å². The van der Waals surface area contributed by atoms with Crippen LogP contribution in [0.25, 0.3) is 5.57 Å². The molecule has 0 aromatic heterocycles. The average molecular weight is 407 g/mol. The van der Waals surface area contributed by atoms with E-state index in [1.165, 1.54) is 4.90 Å². The smallest absolute Gasteiger partial charge is 0.282 e. The van der Waals surface area contributed by atoms with E-state index in [4.69, 9.17) is 9.47 Å². The SMILES string of the molecule is COc1ccc(C2=C(N3CCN(C)CC3)C(=O)N(c3cccc(OC)c3)C2=O)cc1. The predicted molar refractivity (Wildman–Crippen MR) is 114 cm³/mol. The van der Waals surface area contributed by atoms with Crippen molar-refractivity contribution in [1.82, 2.24) is 9.80 Å². The molecule has 0 bridgehead atoms. The number of ether oxygens (including phenoxy) is 2. The lowest BCUT2D eigenvalue weighted by Crippen LogP contribution is -2.46. The van der Waals surface area contributed by atoms with Crippen LogP contribution in [0.4, 0.5) is 5.69 Å². The molecular weight excluding hydrogens is 382 g/mol. The number of carbonyl (C=O) groups excluding carboxylic acids is 2. The molecule has 2 amide bonds. The summed E-state index contributed by atoms with van der Waals surface area (Å²) in [6.45, 7) is 3.05. The molecule has 2 heterocycles. The maximum absolute atomic E-state index is 13.5. The minimum absolute atomic E-state index is 0.302. The lowest BCUT2D eigenvalue weighted by atomic mass is 10.0. The van der Waals surface area contributed by atoms with Gasteiger partial charge in [-0.25, -0.2) is 4.90 Å². The number of benzene rings is 2. The van der Waals surface area contributed by atoms with Gasteiger partial charge in [-0.15, -0.1) is 0 Å². The zero-order valence-electron chi connectivity index (χ0n) is 17.4. The molecule has 2 aromatic rings. The van der Waals surface area contributed by atoms with Crippen LogP contribution >= 0.6 is 0 Å². The van der Waals surface area contributed by atoms with Gasteiger partial charge in [-0.2, -0.15) is 0 Å². The second-order valence-corrected chi connectivity index (χ2v) is 7.39. The van der Waals surface area contributed by atoms with Crippen molar-refractivity contribution < 1.29 is 19.1 Å². The van der Waals surface area contributed by atoms with E-state index in [1.807, 2.05) is 17.0 Å². The summed E-state index contributed by atoms with van der Waals surface area (Å²) in [5, 5.41) is 0. The summed E-state index contributed by atoms with van der Waals surface area (Å²) < 4.78 is 10.5. The lowest BCUT2D eigenvalue weighted by Gasteiger charge is -2.34. The van der Waals surface area contributed by atoms with E-state index in [-0.39, 0.29) is 11.8 Å². The van der Waals surface area contributed by atoms with Crippen LogP contribution in [0, 0.1) is 0 Å². The fourth-order valence-corrected chi connectivity index (χ4v) is 3.84. The monoisotopic (exact) mass is 407 g/mol. The van der Waals surface area contributed by atoms with Crippen LogP contribution in [0.15, 0.2) is 54.2 Å². The average Bonchev–Trinajstić information content (AvgIpc) is 3.04. The Bertz CT molecular complexity index is 992. The number of piperazine rings is 1. The summed E-state index contributed by atoms with van der Waals surface area (Å²) in [5.41, 5.74) is 2.09. The van der Waals surface area contributed by atoms with E-state index < -0.39 is 0 Å². The Balaban J connectivity index is 1.79. The second-order valence-electron chi connectivity index (χ2n) is 7.39. The van der Waals surface area contributed by atoms with Crippen molar-refractivity contribution in [2.24, 2.45) is 0 Å². The summed E-state index contributed by atoms with van der Waals surface area (Å²) >= 11 is 0. The minimum atomic E-state index is -0.327. The van der Waals surface area contributed by atoms with E-state index in [0.29, 0.717) is 47.1 Å². The predicted octanol–water partition coefficient (Wildman–Crippen LogP) is 2.24. The summed E-state index contributed by atoms with van der Waals surface area (Å²) in [6.07, 6.45) is 0. The maximum atomic E-state index is 13.5. The molecule has 156 valence electrons. The number of hydrogen-bond donors (Lipinski definition) is 0. The topological polar surface area (TPSA) is 62.3 Å². The van der Waals surface area contributed by atoms with E-state index in [0.717, 1.165) is 13.1 Å². The van der Waals surface area contributed by atoms with Gasteiger partial charge in [0.2, 0.25) is 0 Å². The molecule has 2 aliphatic rings. The first-order valence-electron chi connectivity index (χ1n) is 9.88. The van der Waals surface area contributed by atoms with Gasteiger partial charge in [0.05, 0.1) is 25.5 Å². The summed E-state index contributed by atoms with van der Waals surface area (Å²) in [7, 11) is 5.21. The van der Waals surface area contributed by atoms with Gasteiger partial charge in [-0.3, -0.25) is 9.59 Å². The van der Waals surface area contributed by atoms with Crippen LogP contribution in [0.1, 0.15) is 5.56 Å². The Hall–Kier alpha value is -3.32. The molecule has 0 aliphatic carbocycles. The molecule has 2 aliphatic heterocycles. The third-order valence-corrected chi connectivity index (χ3v) is 5.57. The van der Waals surface area contributed by atoms with Gasteiger partial charge >= 0.3 is 0 Å². The Morgan fingerprint density at radius 2 is 1.47 bits per heavy atom. The van der Waals surface area contributed by atoms with E-state index in [1.54, 1.807) is 50.6 Å². The molecule has 0 radical (unpaired) electrons. The van der Waals surface area contributed by atoms with Crippen molar-refractivity contribution in [2.75, 3.05) is 52.3 Å². The molecule has 0 atom stereocenters. The number of imide groups is 1. The lowest BCUT2D eigenvalue weighted by molar-refractivity contribution is -0.120. The molecule has 0 saturated carbocycles. The van der Waals surface area contributed by atoms with Gasteiger partial charge in [0, 0.05) is 32.2 Å². The molecule has 0 spiro atoms. The number of amides is 2. The number of rotatable bonds is 5. The van der Waals surface area contributed by atoms with Crippen LogP contribution in [-0.4, -0.2) is 69.1 Å². The van der Waals surface area contributed by atoms with Crippen molar-refractivity contribution in [3.63, 3.8) is 0 Å². The third-order valence-electron chi connectivity index (χ3n) is 5.57. The van der Waals surface area contributed by atoms with Crippen molar-refractivity contribution in [2.45, 2.75) is 0 Å². The van der Waals surface area contributed by atoms with Gasteiger partial charge in [0.15, 0.2) is 0 Å². The highest BCUT2D eigenvalue weighted by Gasteiger charge is 2.43. The largest absolute Gasteiger partial charge is 0.497 e. The van der Waals surface area contributed by atoms with Crippen LogP contribution in [-0.2, 0) is 9.59 Å². The van der Waals surface area contributed by atoms with Gasteiger partial charge < -0.3 is 19.3 Å². The number of carbonyl (C=O) groups is 2. The molecule has 0 N–H and O–H groups in total. The van der Waals surface area contributed by atoms with Crippen LogP contribution in [0.5, 0.6) is 11.5 Å². The molecule has 7 nitrogen and oxygen atoms in total. The van der Waals surface area contributed by atoms with Crippen LogP contribution < -0.4 is 14.4 Å². The number of anilines is 1. The van der Waals surface area contributed by atoms with Gasteiger partial charge in [0.1, 0.15) is 17.2 Å². The molecule has 2 aromatic carbocycles. The number of nitrogens with zero attached hydrogens (tertiary/aromatic N) is 3. The molecule has 7 heteroatoms. The van der Waals surface area contributed by atoms with E-state index in [9.17, 15) is 9.59 Å². The van der Waals surface area contributed by atoms with E-state index in [2.05, 4.69) is 11.9 Å². The van der Waals surface area contributed by atoms with Gasteiger partial charge in [0.25, 0.3) is 11.8 Å².